The topological polar surface area (TPSA) is 37.2 Å². The second-order valence-corrected chi connectivity index (χ2v) is 11.8. The molecule has 1 unspecified atom stereocenters. The Morgan fingerprint density at radius 1 is 0.833 bits per heavy atom. The van der Waals surface area contributed by atoms with Gasteiger partial charge in [-0.05, 0) is 49.7 Å². The van der Waals surface area contributed by atoms with Gasteiger partial charge in [0.2, 0.25) is 0 Å². The van der Waals surface area contributed by atoms with Crippen molar-refractivity contribution in [2.75, 3.05) is 19.6 Å². The van der Waals surface area contributed by atoms with Gasteiger partial charge in [0, 0.05) is 56.1 Å². The Bertz CT molecular complexity index is 1130. The lowest BCUT2D eigenvalue weighted by atomic mass is 9.87. The first-order valence-electron chi connectivity index (χ1n) is 14.0. The average Bonchev–Trinajstić information content (AvgIpc) is 3.53. The molecule has 0 saturated carbocycles. The van der Waals surface area contributed by atoms with Crippen molar-refractivity contribution in [2.45, 2.75) is 83.0 Å². The maximum Gasteiger partial charge on any atom is 0.135 e. The molecular formula is C31H41N5. The third-order valence-electron chi connectivity index (χ3n) is 9.07. The molecule has 0 aliphatic carbocycles. The van der Waals surface area contributed by atoms with Crippen molar-refractivity contribution in [1.29, 1.82) is 0 Å². The Morgan fingerprint density at radius 2 is 1.50 bits per heavy atom. The van der Waals surface area contributed by atoms with Gasteiger partial charge in [-0.15, -0.1) is 10.2 Å². The largest absolute Gasteiger partial charge is 0.312 e. The summed E-state index contributed by atoms with van der Waals surface area (Å²) in [6.45, 7) is 11.3. The van der Waals surface area contributed by atoms with Crippen molar-refractivity contribution < 1.29 is 0 Å². The number of fused-ring (bicyclic) bond motifs is 2. The number of aromatic nitrogens is 3. The predicted molar refractivity (Wildman–Crippen MR) is 145 cm³/mol. The summed E-state index contributed by atoms with van der Waals surface area (Å²) >= 11 is 0. The minimum atomic E-state index is 0.419. The van der Waals surface area contributed by atoms with Crippen molar-refractivity contribution in [3.63, 3.8) is 0 Å². The summed E-state index contributed by atoms with van der Waals surface area (Å²) in [7, 11) is 0. The molecule has 3 aromatic rings. The van der Waals surface area contributed by atoms with Gasteiger partial charge in [-0.1, -0.05) is 74.5 Å². The van der Waals surface area contributed by atoms with E-state index in [4.69, 9.17) is 0 Å². The molecule has 6 rings (SSSR count). The Labute approximate surface area is 216 Å². The Morgan fingerprint density at radius 3 is 2.17 bits per heavy atom. The average molecular weight is 484 g/mol. The monoisotopic (exact) mass is 483 g/mol. The summed E-state index contributed by atoms with van der Waals surface area (Å²) < 4.78 is 2.48. The smallest absolute Gasteiger partial charge is 0.135 e. The number of piperidine rings is 1. The van der Waals surface area contributed by atoms with Gasteiger partial charge < -0.3 is 4.57 Å². The summed E-state index contributed by atoms with van der Waals surface area (Å²) in [5.41, 5.74) is 2.94. The highest BCUT2D eigenvalue weighted by molar-refractivity contribution is 5.24. The maximum atomic E-state index is 4.54. The van der Waals surface area contributed by atoms with Crippen LogP contribution < -0.4 is 0 Å². The van der Waals surface area contributed by atoms with Crippen molar-refractivity contribution in [2.24, 2.45) is 5.92 Å². The normalized spacial score (nSPS) is 28.8. The Hall–Kier alpha value is -2.50. The molecule has 4 heterocycles. The minimum absolute atomic E-state index is 0.419. The first kappa shape index (κ1) is 23.9. The van der Waals surface area contributed by atoms with Crippen LogP contribution in [0.3, 0.4) is 0 Å². The lowest BCUT2D eigenvalue weighted by Gasteiger charge is -2.42. The third-order valence-corrected chi connectivity index (χ3v) is 9.07. The van der Waals surface area contributed by atoms with Crippen LogP contribution in [-0.2, 0) is 6.54 Å². The summed E-state index contributed by atoms with van der Waals surface area (Å²) in [5, 5.41) is 9.01. The first-order chi connectivity index (χ1) is 17.6. The molecule has 3 fully saturated rings. The molecule has 5 nitrogen and oxygen atoms in total. The van der Waals surface area contributed by atoms with E-state index < -0.39 is 0 Å². The van der Waals surface area contributed by atoms with Crippen molar-refractivity contribution in [3.05, 3.63) is 83.4 Å². The molecule has 36 heavy (non-hydrogen) atoms. The van der Waals surface area contributed by atoms with E-state index in [1.807, 2.05) is 0 Å². The quantitative estimate of drug-likeness (QED) is 0.426. The lowest BCUT2D eigenvalue weighted by Crippen LogP contribution is -2.46. The summed E-state index contributed by atoms with van der Waals surface area (Å²) in [5.74, 6) is 3.97. The molecule has 5 atom stereocenters. The van der Waals surface area contributed by atoms with Crippen LogP contribution in [-0.4, -0.2) is 56.3 Å². The molecule has 190 valence electrons. The second kappa shape index (κ2) is 10.1. The van der Waals surface area contributed by atoms with Crippen LogP contribution in [0.2, 0.25) is 0 Å². The van der Waals surface area contributed by atoms with E-state index in [9.17, 15) is 0 Å². The standard InChI is InChI=1S/C31H41N5/c1-22(2)31-33-32-23(3)36(31)29-16-27-14-15-28(17-29)35(27)20-26-19-34(18-24-10-6-4-7-11-24)21-30(26)25-12-8-5-9-13-25/h4-13,22,26-30H,14-21H2,1-3H3/t26-,27-,28+,29?,30-/m1/s1. The van der Waals surface area contributed by atoms with Crippen molar-refractivity contribution in [3.8, 4) is 0 Å². The molecule has 0 amide bonds. The van der Waals surface area contributed by atoms with Crippen LogP contribution in [0.4, 0.5) is 0 Å². The number of nitrogens with zero attached hydrogens (tertiary/aromatic N) is 5. The molecule has 2 bridgehead atoms. The molecule has 3 aliphatic heterocycles. The summed E-state index contributed by atoms with van der Waals surface area (Å²) in [6, 6.07) is 24.2. The zero-order valence-electron chi connectivity index (χ0n) is 22.1. The molecular weight excluding hydrogens is 442 g/mol. The van der Waals surface area contributed by atoms with E-state index in [-0.39, 0.29) is 0 Å². The van der Waals surface area contributed by atoms with Gasteiger partial charge in [-0.3, -0.25) is 9.80 Å². The SMILES string of the molecule is Cc1nnc(C(C)C)n1C1C[C@H]2CC[C@@H](C1)N2C[C@H]1CN(Cc2ccccc2)C[C@@H]1c1ccccc1. The van der Waals surface area contributed by atoms with Crippen LogP contribution >= 0.6 is 0 Å². The van der Waals surface area contributed by atoms with E-state index in [0.717, 1.165) is 18.9 Å². The molecule has 1 aromatic heterocycles. The lowest BCUT2D eigenvalue weighted by molar-refractivity contribution is 0.0854. The van der Waals surface area contributed by atoms with E-state index in [0.29, 0.717) is 35.9 Å². The zero-order chi connectivity index (χ0) is 24.6. The highest BCUT2D eigenvalue weighted by Gasteiger charge is 2.45. The van der Waals surface area contributed by atoms with Crippen molar-refractivity contribution in [1.82, 2.24) is 24.6 Å². The molecule has 0 spiro atoms. The molecule has 3 aliphatic rings. The van der Waals surface area contributed by atoms with E-state index in [1.165, 1.54) is 55.7 Å². The van der Waals surface area contributed by atoms with Gasteiger partial charge in [-0.25, -0.2) is 0 Å². The van der Waals surface area contributed by atoms with Crippen LogP contribution in [0, 0.1) is 12.8 Å². The summed E-state index contributed by atoms with van der Waals surface area (Å²) in [6.07, 6.45) is 5.17. The highest BCUT2D eigenvalue weighted by atomic mass is 15.3. The Kier molecular flexibility index (Phi) is 6.70. The van der Waals surface area contributed by atoms with Crippen LogP contribution in [0.25, 0.3) is 0 Å². The van der Waals surface area contributed by atoms with Gasteiger partial charge in [0.15, 0.2) is 0 Å². The molecule has 0 N–H and O–H groups in total. The van der Waals surface area contributed by atoms with E-state index in [1.54, 1.807) is 0 Å². The molecule has 3 saturated heterocycles. The first-order valence-corrected chi connectivity index (χ1v) is 14.0. The van der Waals surface area contributed by atoms with Gasteiger partial charge in [0.25, 0.3) is 0 Å². The summed E-state index contributed by atoms with van der Waals surface area (Å²) in [4.78, 5) is 5.61. The number of hydrogen-bond donors (Lipinski definition) is 0. The fourth-order valence-electron chi connectivity index (χ4n) is 7.45. The number of likely N-dealkylation sites (tertiary alicyclic amines) is 1. The van der Waals surface area contributed by atoms with Gasteiger partial charge in [-0.2, -0.15) is 0 Å². The maximum absolute atomic E-state index is 4.54. The number of benzene rings is 2. The van der Waals surface area contributed by atoms with Gasteiger partial charge in [0.1, 0.15) is 11.6 Å². The molecule has 5 heteroatoms. The number of aryl methyl sites for hydroxylation is 1. The molecule has 0 radical (unpaired) electrons. The van der Waals surface area contributed by atoms with Gasteiger partial charge in [0.05, 0.1) is 0 Å². The second-order valence-electron chi connectivity index (χ2n) is 11.8. The van der Waals surface area contributed by atoms with Crippen LogP contribution in [0.1, 0.15) is 80.2 Å². The van der Waals surface area contributed by atoms with E-state index in [2.05, 4.69) is 106 Å². The Balaban J connectivity index is 1.19. The molecule has 2 aromatic carbocycles. The van der Waals surface area contributed by atoms with Crippen LogP contribution in [0.5, 0.6) is 0 Å². The van der Waals surface area contributed by atoms with Crippen LogP contribution in [0.15, 0.2) is 60.7 Å². The van der Waals surface area contributed by atoms with Gasteiger partial charge >= 0.3 is 0 Å². The number of rotatable bonds is 7. The fraction of sp³-hybridized carbons (Fsp3) is 0.548. The fourth-order valence-corrected chi connectivity index (χ4v) is 7.45. The minimum Gasteiger partial charge on any atom is -0.312 e. The van der Waals surface area contributed by atoms with Crippen molar-refractivity contribution >= 4 is 0 Å². The predicted octanol–water partition coefficient (Wildman–Crippen LogP) is 5.79. The highest BCUT2D eigenvalue weighted by Crippen LogP contribution is 2.44. The van der Waals surface area contributed by atoms with E-state index >= 15 is 0 Å². The zero-order valence-corrected chi connectivity index (χ0v) is 22.1. The number of hydrogen-bond acceptors (Lipinski definition) is 4. The third kappa shape index (κ3) is 4.64.